The lowest BCUT2D eigenvalue weighted by Crippen LogP contribution is -2.53. The van der Waals surface area contributed by atoms with E-state index in [-0.39, 0.29) is 23.3 Å². The Morgan fingerprint density at radius 3 is 2.93 bits per heavy atom. The molecule has 4 heterocycles. The van der Waals surface area contributed by atoms with E-state index in [1.165, 1.54) is 0 Å². The van der Waals surface area contributed by atoms with Crippen LogP contribution in [-0.4, -0.2) is 57.9 Å². The number of hydrogen-bond donors (Lipinski definition) is 1. The van der Waals surface area contributed by atoms with Crippen LogP contribution < -0.4 is 5.32 Å². The number of carbonyl (C=O) groups is 2. The van der Waals surface area contributed by atoms with Gasteiger partial charge >= 0.3 is 0 Å². The Morgan fingerprint density at radius 1 is 1.39 bits per heavy atom. The van der Waals surface area contributed by atoms with Gasteiger partial charge in [-0.3, -0.25) is 9.59 Å². The van der Waals surface area contributed by atoms with E-state index in [1.807, 2.05) is 20.8 Å². The maximum absolute atomic E-state index is 13.1. The fourth-order valence-corrected chi connectivity index (χ4v) is 4.13. The molecule has 2 aromatic rings. The van der Waals surface area contributed by atoms with Crippen LogP contribution in [0.1, 0.15) is 37.7 Å². The zero-order valence-electron chi connectivity index (χ0n) is 16.4. The number of rotatable bonds is 4. The molecule has 2 aromatic heterocycles. The number of nitrogens with zero attached hydrogens (tertiary/aromatic N) is 3. The van der Waals surface area contributed by atoms with Crippen molar-refractivity contribution in [2.45, 2.75) is 32.7 Å². The maximum Gasteiger partial charge on any atom is 0.274 e. The fourth-order valence-electron chi connectivity index (χ4n) is 3.96. The van der Waals surface area contributed by atoms with Crippen LogP contribution in [0.2, 0.25) is 5.02 Å². The number of nitrogens with one attached hydrogen (secondary N) is 1. The highest BCUT2D eigenvalue weighted by atomic mass is 35.5. The van der Waals surface area contributed by atoms with Crippen molar-refractivity contribution in [3.8, 4) is 0 Å². The van der Waals surface area contributed by atoms with Gasteiger partial charge in [-0.25, -0.2) is 4.98 Å². The second-order valence-electron chi connectivity index (χ2n) is 8.48. The number of amides is 2. The number of likely N-dealkylation sites (tertiary alicyclic amines) is 1. The summed E-state index contributed by atoms with van der Waals surface area (Å²) in [7, 11) is 0. The van der Waals surface area contributed by atoms with E-state index in [0.717, 1.165) is 6.42 Å². The number of fused-ring (bicyclic) bond motifs is 2. The lowest BCUT2D eigenvalue weighted by Gasteiger charge is -2.32. The fraction of sp³-hybridized carbons (Fsp3) is 0.550. The van der Waals surface area contributed by atoms with Crippen LogP contribution in [0.15, 0.2) is 24.5 Å². The topological polar surface area (TPSA) is 75.9 Å². The van der Waals surface area contributed by atoms with E-state index >= 15 is 0 Å². The highest BCUT2D eigenvalue weighted by molar-refractivity contribution is 6.30. The molecule has 1 N–H and O–H groups in total. The molecule has 4 rings (SSSR count). The molecule has 0 spiro atoms. The molecule has 8 heteroatoms. The molecule has 150 valence electrons. The summed E-state index contributed by atoms with van der Waals surface area (Å²) in [5.74, 6) is -0.203. The predicted molar refractivity (Wildman–Crippen MR) is 105 cm³/mol. The highest BCUT2D eigenvalue weighted by Gasteiger charge is 2.57. The summed E-state index contributed by atoms with van der Waals surface area (Å²) >= 11 is 6.01. The molecular formula is C20H25ClN4O3. The summed E-state index contributed by atoms with van der Waals surface area (Å²) in [6.45, 7) is 7.72. The molecule has 7 nitrogen and oxygen atoms in total. The van der Waals surface area contributed by atoms with Crippen LogP contribution in [0, 0.1) is 11.3 Å². The molecule has 0 aromatic carbocycles. The zero-order valence-corrected chi connectivity index (χ0v) is 17.1. The summed E-state index contributed by atoms with van der Waals surface area (Å²) < 4.78 is 7.38. The maximum atomic E-state index is 13.1. The highest BCUT2D eigenvalue weighted by Crippen LogP contribution is 2.42. The average molecular weight is 405 g/mol. The molecule has 0 saturated carbocycles. The monoisotopic (exact) mass is 404 g/mol. The van der Waals surface area contributed by atoms with E-state index in [1.54, 1.807) is 33.8 Å². The van der Waals surface area contributed by atoms with E-state index in [4.69, 9.17) is 16.3 Å². The van der Waals surface area contributed by atoms with Gasteiger partial charge in [0.05, 0.1) is 23.7 Å². The average Bonchev–Trinajstić information content (AvgIpc) is 3.32. The van der Waals surface area contributed by atoms with Gasteiger partial charge in [-0.05, 0) is 32.4 Å². The van der Waals surface area contributed by atoms with Crippen LogP contribution in [0.25, 0.3) is 5.65 Å². The Kier molecular flexibility index (Phi) is 4.62. The minimum absolute atomic E-state index is 0.00409. The van der Waals surface area contributed by atoms with Crippen LogP contribution >= 0.6 is 11.6 Å². The van der Waals surface area contributed by atoms with Crippen molar-refractivity contribution in [1.29, 1.82) is 0 Å². The molecule has 0 bridgehead atoms. The third kappa shape index (κ3) is 3.16. The van der Waals surface area contributed by atoms with Gasteiger partial charge < -0.3 is 19.4 Å². The summed E-state index contributed by atoms with van der Waals surface area (Å²) in [6, 6.07) is 3.51. The van der Waals surface area contributed by atoms with Gasteiger partial charge in [0.2, 0.25) is 5.91 Å². The van der Waals surface area contributed by atoms with Gasteiger partial charge in [0.25, 0.3) is 5.91 Å². The van der Waals surface area contributed by atoms with Gasteiger partial charge in [-0.2, -0.15) is 0 Å². The second kappa shape index (κ2) is 6.74. The van der Waals surface area contributed by atoms with Crippen molar-refractivity contribution in [3.63, 3.8) is 0 Å². The molecule has 2 amide bonds. The first kappa shape index (κ1) is 19.2. The minimum atomic E-state index is -0.690. The number of carbonyl (C=O) groups excluding carboxylic acids is 2. The Hall–Kier alpha value is -2.12. The standard InChI is InChI=1S/C20H25ClN4O3/c1-4-19(2,3)23-18(27)20-11-25(7-13(20)10-28-12-20)17(26)15-9-24-8-14(21)5-6-16(24)22-15/h5-6,8-9,13H,4,7,10-12H2,1-3H3,(H,23,27)/t13-,20-/m1/s1. The van der Waals surface area contributed by atoms with Crippen molar-refractivity contribution >= 4 is 29.1 Å². The molecule has 0 unspecified atom stereocenters. The summed E-state index contributed by atoms with van der Waals surface area (Å²) in [6.07, 6.45) is 4.23. The molecule has 0 aliphatic carbocycles. The quantitative estimate of drug-likeness (QED) is 0.848. The van der Waals surface area contributed by atoms with Gasteiger partial charge in [-0.1, -0.05) is 18.5 Å². The summed E-state index contributed by atoms with van der Waals surface area (Å²) in [4.78, 5) is 32.4. The zero-order chi connectivity index (χ0) is 20.1. The number of pyridine rings is 1. The van der Waals surface area contributed by atoms with Crippen molar-refractivity contribution < 1.29 is 14.3 Å². The second-order valence-corrected chi connectivity index (χ2v) is 8.92. The third-order valence-electron chi connectivity index (χ3n) is 6.08. The van der Waals surface area contributed by atoms with E-state index < -0.39 is 5.41 Å². The van der Waals surface area contributed by atoms with E-state index in [2.05, 4.69) is 10.3 Å². The molecule has 2 fully saturated rings. The lowest BCUT2D eigenvalue weighted by molar-refractivity contribution is -0.133. The number of ether oxygens (including phenoxy) is 1. The van der Waals surface area contributed by atoms with Crippen molar-refractivity contribution in [1.82, 2.24) is 19.6 Å². The molecule has 2 atom stereocenters. The van der Waals surface area contributed by atoms with Gasteiger partial charge in [0.15, 0.2) is 0 Å². The molecular weight excluding hydrogens is 380 g/mol. The molecule has 2 aliphatic heterocycles. The smallest absolute Gasteiger partial charge is 0.274 e. The molecule has 0 radical (unpaired) electrons. The number of halogens is 1. The predicted octanol–water partition coefficient (Wildman–Crippen LogP) is 2.38. The largest absolute Gasteiger partial charge is 0.380 e. The Balaban J connectivity index is 1.57. The minimum Gasteiger partial charge on any atom is -0.380 e. The Labute approximate surface area is 169 Å². The molecule has 2 aliphatic rings. The first-order chi connectivity index (χ1) is 13.2. The van der Waals surface area contributed by atoms with Crippen molar-refractivity contribution in [2.24, 2.45) is 11.3 Å². The normalized spacial score (nSPS) is 24.6. The molecule has 2 saturated heterocycles. The van der Waals surface area contributed by atoms with Gasteiger partial charge in [-0.15, -0.1) is 0 Å². The summed E-state index contributed by atoms with van der Waals surface area (Å²) in [5, 5.41) is 3.72. The van der Waals surface area contributed by atoms with E-state index in [0.29, 0.717) is 42.7 Å². The van der Waals surface area contributed by atoms with Gasteiger partial charge in [0, 0.05) is 36.9 Å². The SMILES string of the molecule is CCC(C)(C)NC(=O)[C@]12COC[C@H]1CN(C(=O)c1cn3cc(Cl)ccc3n1)C2. The number of imidazole rings is 1. The van der Waals surface area contributed by atoms with Crippen LogP contribution in [0.3, 0.4) is 0 Å². The first-order valence-electron chi connectivity index (χ1n) is 9.58. The van der Waals surface area contributed by atoms with Crippen molar-refractivity contribution in [2.75, 3.05) is 26.3 Å². The Bertz CT molecular complexity index is 941. The third-order valence-corrected chi connectivity index (χ3v) is 6.31. The Morgan fingerprint density at radius 2 is 2.18 bits per heavy atom. The van der Waals surface area contributed by atoms with Crippen molar-refractivity contribution in [3.05, 3.63) is 35.2 Å². The lowest BCUT2D eigenvalue weighted by atomic mass is 9.79. The van der Waals surface area contributed by atoms with Crippen LogP contribution in [-0.2, 0) is 9.53 Å². The number of aromatic nitrogens is 2. The van der Waals surface area contributed by atoms with Crippen LogP contribution in [0.4, 0.5) is 0 Å². The summed E-state index contributed by atoms with van der Waals surface area (Å²) in [5.41, 5.74) is 0.0298. The molecule has 28 heavy (non-hydrogen) atoms. The van der Waals surface area contributed by atoms with Gasteiger partial charge in [0.1, 0.15) is 11.3 Å². The number of hydrogen-bond acceptors (Lipinski definition) is 4. The first-order valence-corrected chi connectivity index (χ1v) is 9.96. The van der Waals surface area contributed by atoms with E-state index in [9.17, 15) is 9.59 Å². The van der Waals surface area contributed by atoms with Crippen LogP contribution in [0.5, 0.6) is 0 Å².